The topological polar surface area (TPSA) is 32.3 Å². The fourth-order valence-corrected chi connectivity index (χ4v) is 2.45. The summed E-state index contributed by atoms with van der Waals surface area (Å²) in [5.74, 6) is 0.648. The Morgan fingerprint density at radius 2 is 2.25 bits per heavy atom. The maximum atomic E-state index is 13.2. The molecule has 0 heterocycles. The molecule has 16 heavy (non-hydrogen) atoms. The molecule has 1 aromatic carbocycles. The van der Waals surface area contributed by atoms with E-state index in [1.54, 1.807) is 23.9 Å². The second-order valence-corrected chi connectivity index (χ2v) is 4.75. The molecular formula is C12H18FNOS. The van der Waals surface area contributed by atoms with Gasteiger partial charge in [-0.15, -0.1) is 11.8 Å². The van der Waals surface area contributed by atoms with Crippen LogP contribution in [-0.2, 0) is 0 Å². The van der Waals surface area contributed by atoms with Crippen molar-refractivity contribution < 1.29 is 9.50 Å². The molecule has 0 aliphatic heterocycles. The Labute approximate surface area is 100 Å². The van der Waals surface area contributed by atoms with Crippen molar-refractivity contribution >= 4 is 11.8 Å². The summed E-state index contributed by atoms with van der Waals surface area (Å²) >= 11 is 1.66. The van der Waals surface area contributed by atoms with Crippen molar-refractivity contribution in [1.82, 2.24) is 5.32 Å². The molecule has 0 saturated heterocycles. The quantitative estimate of drug-likeness (QED) is 0.595. The second kappa shape index (κ2) is 6.89. The highest BCUT2D eigenvalue weighted by molar-refractivity contribution is 7.99. The van der Waals surface area contributed by atoms with Gasteiger partial charge in [0.05, 0.1) is 0 Å². The van der Waals surface area contributed by atoms with Gasteiger partial charge in [0.15, 0.2) is 0 Å². The average Bonchev–Trinajstić information content (AvgIpc) is 2.30. The highest BCUT2D eigenvalue weighted by Crippen LogP contribution is 2.28. The first-order valence-corrected chi connectivity index (χ1v) is 6.38. The summed E-state index contributed by atoms with van der Waals surface area (Å²) in [7, 11) is 1.86. The first-order valence-electron chi connectivity index (χ1n) is 5.39. The molecule has 0 aromatic heterocycles. The minimum absolute atomic E-state index is 0.132. The van der Waals surface area contributed by atoms with Gasteiger partial charge in [0.25, 0.3) is 0 Å². The number of benzene rings is 1. The Bertz CT molecular complexity index is 333. The SMILES string of the molecule is CNC(C)c1cc(F)ccc1SCCCO. The van der Waals surface area contributed by atoms with Gasteiger partial charge < -0.3 is 10.4 Å². The van der Waals surface area contributed by atoms with Crippen LogP contribution in [-0.4, -0.2) is 24.5 Å². The van der Waals surface area contributed by atoms with Crippen LogP contribution in [0.15, 0.2) is 23.1 Å². The zero-order valence-corrected chi connectivity index (χ0v) is 10.5. The highest BCUT2D eigenvalue weighted by Gasteiger charge is 2.10. The summed E-state index contributed by atoms with van der Waals surface area (Å²) < 4.78 is 13.2. The molecule has 2 N–H and O–H groups in total. The molecule has 0 aliphatic carbocycles. The molecule has 4 heteroatoms. The molecule has 90 valence electrons. The van der Waals surface area contributed by atoms with Crippen molar-refractivity contribution in [3.8, 4) is 0 Å². The smallest absolute Gasteiger partial charge is 0.123 e. The predicted molar refractivity (Wildman–Crippen MR) is 66.3 cm³/mol. The lowest BCUT2D eigenvalue weighted by atomic mass is 10.1. The maximum absolute atomic E-state index is 13.2. The lowest BCUT2D eigenvalue weighted by Gasteiger charge is -2.15. The Hall–Kier alpha value is -0.580. The van der Waals surface area contributed by atoms with Crippen molar-refractivity contribution in [2.24, 2.45) is 0 Å². The van der Waals surface area contributed by atoms with E-state index in [0.717, 1.165) is 22.6 Å². The third kappa shape index (κ3) is 3.77. The number of aliphatic hydroxyl groups excluding tert-OH is 1. The molecule has 0 amide bonds. The van der Waals surface area contributed by atoms with E-state index in [-0.39, 0.29) is 18.5 Å². The molecule has 1 atom stereocenters. The zero-order valence-electron chi connectivity index (χ0n) is 9.66. The van der Waals surface area contributed by atoms with E-state index < -0.39 is 0 Å². The van der Waals surface area contributed by atoms with Crippen molar-refractivity contribution in [1.29, 1.82) is 0 Å². The van der Waals surface area contributed by atoms with E-state index in [1.165, 1.54) is 6.07 Å². The summed E-state index contributed by atoms with van der Waals surface area (Å²) in [6, 6.07) is 4.99. The number of hydrogen-bond acceptors (Lipinski definition) is 3. The molecule has 0 radical (unpaired) electrons. The molecule has 1 aromatic rings. The Kier molecular flexibility index (Phi) is 5.80. The number of halogens is 1. The maximum Gasteiger partial charge on any atom is 0.123 e. The molecule has 2 nitrogen and oxygen atoms in total. The van der Waals surface area contributed by atoms with E-state index in [4.69, 9.17) is 5.11 Å². The van der Waals surface area contributed by atoms with Gasteiger partial charge in [0.2, 0.25) is 0 Å². The number of hydrogen-bond donors (Lipinski definition) is 2. The van der Waals surface area contributed by atoms with Crippen LogP contribution >= 0.6 is 11.8 Å². The molecule has 0 fully saturated rings. The molecule has 0 spiro atoms. The van der Waals surface area contributed by atoms with E-state index in [0.29, 0.717) is 0 Å². The Morgan fingerprint density at radius 3 is 2.88 bits per heavy atom. The van der Waals surface area contributed by atoms with Gasteiger partial charge in [-0.3, -0.25) is 0 Å². The predicted octanol–water partition coefficient (Wildman–Crippen LogP) is 2.58. The molecule has 1 unspecified atom stereocenters. The molecular weight excluding hydrogens is 225 g/mol. The van der Waals surface area contributed by atoms with E-state index in [1.807, 2.05) is 14.0 Å². The first kappa shape index (κ1) is 13.5. The van der Waals surface area contributed by atoms with Crippen molar-refractivity contribution in [2.45, 2.75) is 24.3 Å². The molecule has 1 rings (SSSR count). The summed E-state index contributed by atoms with van der Waals surface area (Å²) in [5, 5.41) is 11.8. The normalized spacial score (nSPS) is 12.8. The fourth-order valence-electron chi connectivity index (χ4n) is 1.39. The Morgan fingerprint density at radius 1 is 1.50 bits per heavy atom. The number of nitrogens with one attached hydrogen (secondary N) is 1. The number of thioether (sulfide) groups is 1. The van der Waals surface area contributed by atoms with E-state index in [9.17, 15) is 4.39 Å². The van der Waals surface area contributed by atoms with Crippen LogP contribution in [0.25, 0.3) is 0 Å². The van der Waals surface area contributed by atoms with Crippen LogP contribution in [0.4, 0.5) is 4.39 Å². The standard InChI is InChI=1S/C12H18FNOS/c1-9(14-2)11-8-10(13)4-5-12(11)16-7-3-6-15/h4-5,8-9,14-15H,3,6-7H2,1-2H3. The number of rotatable bonds is 6. The van der Waals surface area contributed by atoms with Gasteiger partial charge in [-0.2, -0.15) is 0 Å². The van der Waals surface area contributed by atoms with E-state index in [2.05, 4.69) is 5.32 Å². The lowest BCUT2D eigenvalue weighted by Crippen LogP contribution is -2.13. The number of aliphatic hydroxyl groups is 1. The largest absolute Gasteiger partial charge is 0.396 e. The van der Waals surface area contributed by atoms with Crippen molar-refractivity contribution in [3.05, 3.63) is 29.6 Å². The van der Waals surface area contributed by atoms with Crippen molar-refractivity contribution in [2.75, 3.05) is 19.4 Å². The Balaban J connectivity index is 2.80. The monoisotopic (exact) mass is 243 g/mol. The van der Waals surface area contributed by atoms with Crippen LogP contribution in [0.5, 0.6) is 0 Å². The molecule has 0 saturated carbocycles. The van der Waals surface area contributed by atoms with Crippen LogP contribution < -0.4 is 5.32 Å². The third-order valence-electron chi connectivity index (χ3n) is 2.43. The van der Waals surface area contributed by atoms with Gasteiger partial charge in [-0.1, -0.05) is 0 Å². The van der Waals surface area contributed by atoms with Crippen LogP contribution in [0.2, 0.25) is 0 Å². The van der Waals surface area contributed by atoms with Gasteiger partial charge in [-0.25, -0.2) is 4.39 Å². The van der Waals surface area contributed by atoms with Crippen LogP contribution in [0.3, 0.4) is 0 Å². The summed E-state index contributed by atoms with van der Waals surface area (Å²) in [6.07, 6.45) is 0.759. The summed E-state index contributed by atoms with van der Waals surface area (Å²) in [4.78, 5) is 1.08. The summed E-state index contributed by atoms with van der Waals surface area (Å²) in [6.45, 7) is 2.20. The van der Waals surface area contributed by atoms with Gasteiger partial charge in [0.1, 0.15) is 5.82 Å². The second-order valence-electron chi connectivity index (χ2n) is 3.62. The fraction of sp³-hybridized carbons (Fsp3) is 0.500. The first-order chi connectivity index (χ1) is 7.69. The minimum Gasteiger partial charge on any atom is -0.396 e. The minimum atomic E-state index is -0.205. The van der Waals surface area contributed by atoms with Crippen LogP contribution in [0, 0.1) is 5.82 Å². The van der Waals surface area contributed by atoms with Crippen LogP contribution in [0.1, 0.15) is 24.9 Å². The third-order valence-corrected chi connectivity index (χ3v) is 3.61. The van der Waals surface area contributed by atoms with Crippen molar-refractivity contribution in [3.63, 3.8) is 0 Å². The van der Waals surface area contributed by atoms with E-state index >= 15 is 0 Å². The van der Waals surface area contributed by atoms with Gasteiger partial charge >= 0.3 is 0 Å². The molecule has 0 aliphatic rings. The zero-order chi connectivity index (χ0) is 12.0. The average molecular weight is 243 g/mol. The lowest BCUT2D eigenvalue weighted by molar-refractivity contribution is 0.296. The van der Waals surface area contributed by atoms with Gasteiger partial charge in [0, 0.05) is 23.3 Å². The summed E-state index contributed by atoms with van der Waals surface area (Å²) in [5.41, 5.74) is 0.977. The molecule has 0 bridgehead atoms. The van der Waals surface area contributed by atoms with Gasteiger partial charge in [-0.05, 0) is 44.2 Å². The highest BCUT2D eigenvalue weighted by atomic mass is 32.2.